The van der Waals surface area contributed by atoms with Gasteiger partial charge in [-0.05, 0) is 30.3 Å². The third kappa shape index (κ3) is 1.78. The van der Waals surface area contributed by atoms with Gasteiger partial charge >= 0.3 is 0 Å². The van der Waals surface area contributed by atoms with Crippen molar-refractivity contribution in [2.75, 3.05) is 0 Å². The van der Waals surface area contributed by atoms with Gasteiger partial charge in [-0.1, -0.05) is 6.42 Å². The molecule has 1 aromatic carbocycles. The number of benzene rings is 1. The molecule has 0 atom stereocenters. The molecule has 0 aliphatic heterocycles. The standard InChI is InChI=1S/C14H9N3O/c1-2-18-11-5-3-10(4-6-11)14-16-12-7-8-15-9-13(12)17-14/h1,3-9H,(H,16,17). The lowest BCUT2D eigenvalue weighted by atomic mass is 10.2. The minimum atomic E-state index is 0.638. The number of nitrogens with zero attached hydrogens (tertiary/aromatic N) is 2. The Morgan fingerprint density at radius 2 is 2.00 bits per heavy atom. The van der Waals surface area contributed by atoms with Crippen LogP contribution in [0.3, 0.4) is 0 Å². The van der Waals surface area contributed by atoms with Crippen molar-refractivity contribution in [3.8, 4) is 29.7 Å². The fourth-order valence-corrected chi connectivity index (χ4v) is 1.74. The maximum absolute atomic E-state index is 5.06. The van der Waals surface area contributed by atoms with E-state index in [0.29, 0.717) is 5.75 Å². The van der Waals surface area contributed by atoms with E-state index in [1.54, 1.807) is 24.5 Å². The minimum Gasteiger partial charge on any atom is -0.408 e. The molecule has 0 saturated carbocycles. The average Bonchev–Trinajstić information content (AvgIpc) is 2.84. The van der Waals surface area contributed by atoms with Crippen molar-refractivity contribution < 1.29 is 4.74 Å². The zero-order chi connectivity index (χ0) is 12.4. The Bertz CT molecular complexity index is 690. The summed E-state index contributed by atoms with van der Waals surface area (Å²) >= 11 is 0. The van der Waals surface area contributed by atoms with Crippen molar-refractivity contribution in [3.63, 3.8) is 0 Å². The zero-order valence-electron chi connectivity index (χ0n) is 9.42. The van der Waals surface area contributed by atoms with Crippen LogP contribution in [0.5, 0.6) is 5.75 Å². The molecule has 0 bridgehead atoms. The summed E-state index contributed by atoms with van der Waals surface area (Å²) in [6.07, 6.45) is 10.7. The summed E-state index contributed by atoms with van der Waals surface area (Å²) in [6, 6.07) is 9.30. The molecule has 0 aliphatic rings. The Morgan fingerprint density at radius 3 is 2.72 bits per heavy atom. The van der Waals surface area contributed by atoms with Gasteiger partial charge in [-0.25, -0.2) is 4.98 Å². The molecule has 86 valence electrons. The Morgan fingerprint density at radius 1 is 1.17 bits per heavy atom. The van der Waals surface area contributed by atoms with Crippen molar-refractivity contribution in [1.29, 1.82) is 0 Å². The molecule has 0 aliphatic carbocycles. The van der Waals surface area contributed by atoms with Crippen molar-refractivity contribution in [1.82, 2.24) is 15.0 Å². The van der Waals surface area contributed by atoms with Crippen LogP contribution >= 0.6 is 0 Å². The highest BCUT2D eigenvalue weighted by Gasteiger charge is 2.04. The molecular weight excluding hydrogens is 226 g/mol. The van der Waals surface area contributed by atoms with Gasteiger partial charge in [-0.3, -0.25) is 4.98 Å². The quantitative estimate of drug-likeness (QED) is 0.694. The number of fused-ring (bicyclic) bond motifs is 1. The molecule has 0 spiro atoms. The average molecular weight is 235 g/mol. The second-order valence-corrected chi connectivity index (χ2v) is 3.72. The summed E-state index contributed by atoms with van der Waals surface area (Å²) < 4.78 is 4.94. The summed E-state index contributed by atoms with van der Waals surface area (Å²) in [5.74, 6) is 1.43. The molecule has 0 saturated heterocycles. The smallest absolute Gasteiger partial charge is 0.140 e. The predicted molar refractivity (Wildman–Crippen MR) is 68.8 cm³/mol. The summed E-state index contributed by atoms with van der Waals surface area (Å²) in [5, 5.41) is 0. The van der Waals surface area contributed by atoms with Crippen LogP contribution in [0.2, 0.25) is 0 Å². The lowest BCUT2D eigenvalue weighted by molar-refractivity contribution is 0.521. The van der Waals surface area contributed by atoms with E-state index >= 15 is 0 Å². The fraction of sp³-hybridized carbons (Fsp3) is 0. The first-order valence-electron chi connectivity index (χ1n) is 5.39. The zero-order valence-corrected chi connectivity index (χ0v) is 9.42. The van der Waals surface area contributed by atoms with E-state index in [4.69, 9.17) is 11.2 Å². The minimum absolute atomic E-state index is 0.638. The van der Waals surface area contributed by atoms with Gasteiger partial charge in [-0.2, -0.15) is 0 Å². The molecule has 18 heavy (non-hydrogen) atoms. The van der Waals surface area contributed by atoms with Crippen molar-refractivity contribution >= 4 is 11.0 Å². The lowest BCUT2D eigenvalue weighted by Crippen LogP contribution is -1.83. The number of pyridine rings is 1. The van der Waals surface area contributed by atoms with E-state index in [2.05, 4.69) is 21.1 Å². The number of imidazole rings is 1. The van der Waals surface area contributed by atoms with Gasteiger partial charge in [0.1, 0.15) is 23.2 Å². The number of rotatable bonds is 2. The second kappa shape index (κ2) is 4.22. The SMILES string of the molecule is C#COc1ccc(-c2nc3cnccc3[nH]2)cc1. The molecule has 4 nitrogen and oxygen atoms in total. The van der Waals surface area contributed by atoms with Gasteiger partial charge < -0.3 is 9.72 Å². The molecule has 2 heterocycles. The highest BCUT2D eigenvalue weighted by Crippen LogP contribution is 2.22. The third-order valence-corrected chi connectivity index (χ3v) is 2.59. The van der Waals surface area contributed by atoms with Gasteiger partial charge in [0.05, 0.1) is 11.7 Å². The van der Waals surface area contributed by atoms with Crippen LogP contribution in [0.25, 0.3) is 22.4 Å². The Labute approximate surface area is 104 Å². The van der Waals surface area contributed by atoms with E-state index in [-0.39, 0.29) is 0 Å². The Hall–Kier alpha value is -2.80. The first-order valence-corrected chi connectivity index (χ1v) is 5.39. The van der Waals surface area contributed by atoms with Crippen molar-refractivity contribution in [2.24, 2.45) is 0 Å². The number of aromatic amines is 1. The number of terminal acetylenes is 1. The summed E-state index contributed by atoms with van der Waals surface area (Å²) in [5.41, 5.74) is 2.77. The third-order valence-electron chi connectivity index (χ3n) is 2.59. The maximum Gasteiger partial charge on any atom is 0.140 e. The largest absolute Gasteiger partial charge is 0.408 e. The van der Waals surface area contributed by atoms with Crippen molar-refractivity contribution in [2.45, 2.75) is 0 Å². The number of hydrogen-bond donors (Lipinski definition) is 1. The van der Waals surface area contributed by atoms with E-state index < -0.39 is 0 Å². The Balaban J connectivity index is 2.01. The molecule has 3 rings (SSSR count). The first kappa shape index (κ1) is 10.4. The number of nitrogens with one attached hydrogen (secondary N) is 1. The summed E-state index contributed by atoms with van der Waals surface area (Å²) in [6.45, 7) is 0. The number of ether oxygens (including phenoxy) is 1. The van der Waals surface area contributed by atoms with Gasteiger partial charge in [-0.15, -0.1) is 0 Å². The monoisotopic (exact) mass is 235 g/mol. The van der Waals surface area contributed by atoms with Gasteiger partial charge in [0.25, 0.3) is 0 Å². The number of hydrogen-bond acceptors (Lipinski definition) is 3. The lowest BCUT2D eigenvalue weighted by Gasteiger charge is -1.98. The molecule has 2 aromatic heterocycles. The molecule has 0 amide bonds. The molecule has 4 heteroatoms. The highest BCUT2D eigenvalue weighted by atomic mass is 16.5. The molecule has 1 N–H and O–H groups in total. The van der Waals surface area contributed by atoms with Crippen LogP contribution in [-0.2, 0) is 0 Å². The van der Waals surface area contributed by atoms with Gasteiger partial charge in [0.2, 0.25) is 0 Å². The van der Waals surface area contributed by atoms with Crippen LogP contribution in [0, 0.1) is 12.5 Å². The van der Waals surface area contributed by atoms with Crippen molar-refractivity contribution in [3.05, 3.63) is 42.7 Å². The van der Waals surface area contributed by atoms with E-state index in [1.807, 2.05) is 18.2 Å². The Kier molecular flexibility index (Phi) is 2.43. The highest BCUT2D eigenvalue weighted by molar-refractivity contribution is 5.78. The van der Waals surface area contributed by atoms with E-state index in [1.165, 1.54) is 0 Å². The molecule has 3 aromatic rings. The van der Waals surface area contributed by atoms with Crippen LogP contribution in [0.15, 0.2) is 42.7 Å². The first-order chi connectivity index (χ1) is 8.86. The van der Waals surface area contributed by atoms with Gasteiger partial charge in [0, 0.05) is 11.8 Å². The second-order valence-electron chi connectivity index (χ2n) is 3.72. The topological polar surface area (TPSA) is 50.8 Å². The van der Waals surface area contributed by atoms with Crippen LogP contribution in [0.1, 0.15) is 0 Å². The molecule has 0 unspecified atom stereocenters. The van der Waals surface area contributed by atoms with E-state index in [9.17, 15) is 0 Å². The van der Waals surface area contributed by atoms with Crippen LogP contribution < -0.4 is 4.74 Å². The number of H-pyrrole nitrogens is 1. The molecular formula is C14H9N3O. The number of aromatic nitrogens is 3. The maximum atomic E-state index is 5.06. The molecule has 0 radical (unpaired) electrons. The summed E-state index contributed by atoms with van der Waals surface area (Å²) in [7, 11) is 0. The summed E-state index contributed by atoms with van der Waals surface area (Å²) in [4.78, 5) is 11.7. The fourth-order valence-electron chi connectivity index (χ4n) is 1.74. The van der Waals surface area contributed by atoms with Crippen LogP contribution in [0.4, 0.5) is 0 Å². The van der Waals surface area contributed by atoms with Crippen LogP contribution in [-0.4, -0.2) is 15.0 Å². The molecule has 0 fully saturated rings. The van der Waals surface area contributed by atoms with E-state index in [0.717, 1.165) is 22.4 Å². The predicted octanol–water partition coefficient (Wildman–Crippen LogP) is 2.59. The van der Waals surface area contributed by atoms with Gasteiger partial charge in [0.15, 0.2) is 0 Å². The normalized spacial score (nSPS) is 10.2.